The van der Waals surface area contributed by atoms with E-state index in [4.69, 9.17) is 5.73 Å². The molecule has 0 heterocycles. The Balaban J connectivity index is 2.18. The Hall–Kier alpha value is -0.950. The molecule has 7 heteroatoms. The first kappa shape index (κ1) is 15.1. The van der Waals surface area contributed by atoms with Gasteiger partial charge in [-0.2, -0.15) is 13.2 Å². The maximum absolute atomic E-state index is 12.7. The molecule has 2 N–H and O–H groups in total. The average molecular weight is 283 g/mol. The summed E-state index contributed by atoms with van der Waals surface area (Å²) in [5.74, 6) is 0.151. The van der Waals surface area contributed by atoms with E-state index < -0.39 is 18.6 Å². The van der Waals surface area contributed by atoms with E-state index in [-0.39, 0.29) is 6.61 Å². The smallest absolute Gasteiger partial charge is 0.398 e. The lowest BCUT2D eigenvalue weighted by Crippen LogP contribution is -2.17. The van der Waals surface area contributed by atoms with Gasteiger partial charge in [0.2, 0.25) is 0 Å². The van der Waals surface area contributed by atoms with Crippen molar-refractivity contribution in [3.05, 3.63) is 24.0 Å². The molecule has 0 atom stereocenters. The summed E-state index contributed by atoms with van der Waals surface area (Å²) in [6, 6.07) is 4.05. The van der Waals surface area contributed by atoms with E-state index in [0.717, 1.165) is 0 Å². The predicted octanol–water partition coefficient (Wildman–Crippen LogP) is 3.47. The van der Waals surface area contributed by atoms with Gasteiger partial charge < -0.3 is 10.5 Å². The third-order valence-corrected chi connectivity index (χ3v) is 3.10. The van der Waals surface area contributed by atoms with Crippen LogP contribution < -0.4 is 5.73 Å². The minimum atomic E-state index is -4.28. The van der Waals surface area contributed by atoms with Crippen molar-refractivity contribution in [3.8, 4) is 0 Å². The number of nitrogens with two attached hydrogens (primary N) is 1. The van der Waals surface area contributed by atoms with Crippen molar-refractivity contribution in [1.82, 2.24) is 0 Å². The molecule has 0 bridgehead atoms. The molecule has 0 unspecified atom stereocenters. The zero-order valence-corrected chi connectivity index (χ0v) is 10.3. The largest absolute Gasteiger partial charge is 0.411 e. The molecule has 2 nitrogen and oxygen atoms in total. The van der Waals surface area contributed by atoms with Crippen molar-refractivity contribution >= 4 is 17.4 Å². The number of nitrogen functional groups attached to an aromatic ring is 1. The second kappa shape index (κ2) is 6.84. The number of halogens is 4. The van der Waals surface area contributed by atoms with Gasteiger partial charge in [0.15, 0.2) is 0 Å². The molecular formula is C11H13F4NOS. The fraction of sp³-hybridized carbons (Fsp3) is 0.455. The third-order valence-electron chi connectivity index (χ3n) is 1.93. The van der Waals surface area contributed by atoms with Crippen LogP contribution >= 0.6 is 11.8 Å². The standard InChI is InChI=1S/C11H13F4NOS/c12-8-2-3-10(9(16)6-8)18-5-1-4-17-7-11(13,14)15/h2-3,6H,1,4-5,7,16H2. The van der Waals surface area contributed by atoms with E-state index in [0.29, 0.717) is 22.8 Å². The van der Waals surface area contributed by atoms with E-state index in [1.54, 1.807) is 6.07 Å². The first-order valence-corrected chi connectivity index (χ1v) is 6.19. The molecule has 0 aliphatic rings. The zero-order chi connectivity index (χ0) is 13.6. The van der Waals surface area contributed by atoms with E-state index in [9.17, 15) is 17.6 Å². The summed E-state index contributed by atoms with van der Waals surface area (Å²) in [6.45, 7) is -1.19. The number of thioether (sulfide) groups is 1. The number of rotatable bonds is 6. The highest BCUT2D eigenvalue weighted by Gasteiger charge is 2.27. The van der Waals surface area contributed by atoms with Gasteiger partial charge in [-0.05, 0) is 24.6 Å². The Morgan fingerprint density at radius 1 is 1.28 bits per heavy atom. The Labute approximate surface area is 106 Å². The Morgan fingerprint density at radius 2 is 2.00 bits per heavy atom. The highest BCUT2D eigenvalue weighted by Crippen LogP contribution is 2.26. The lowest BCUT2D eigenvalue weighted by molar-refractivity contribution is -0.173. The fourth-order valence-corrected chi connectivity index (χ4v) is 2.05. The molecule has 0 radical (unpaired) electrons. The molecule has 0 amide bonds. The van der Waals surface area contributed by atoms with Gasteiger partial charge in [-0.15, -0.1) is 11.8 Å². The van der Waals surface area contributed by atoms with Crippen LogP contribution in [0.4, 0.5) is 23.2 Å². The van der Waals surface area contributed by atoms with Crippen LogP contribution in [-0.2, 0) is 4.74 Å². The van der Waals surface area contributed by atoms with Crippen LogP contribution in [0.2, 0.25) is 0 Å². The number of anilines is 1. The molecule has 0 aliphatic carbocycles. The second-order valence-corrected chi connectivity index (χ2v) is 4.69. The molecule has 102 valence electrons. The molecule has 0 saturated heterocycles. The van der Waals surface area contributed by atoms with Crippen molar-refractivity contribution < 1.29 is 22.3 Å². The minimum absolute atomic E-state index is 0.0353. The van der Waals surface area contributed by atoms with Crippen LogP contribution in [-0.4, -0.2) is 25.1 Å². The van der Waals surface area contributed by atoms with Gasteiger partial charge in [-0.25, -0.2) is 4.39 Å². The third kappa shape index (κ3) is 6.11. The summed E-state index contributed by atoms with van der Waals surface area (Å²) in [5.41, 5.74) is 5.91. The maximum Gasteiger partial charge on any atom is 0.411 e. The van der Waals surface area contributed by atoms with E-state index in [1.807, 2.05) is 0 Å². The fourth-order valence-electron chi connectivity index (χ4n) is 1.18. The summed E-state index contributed by atoms with van der Waals surface area (Å²) >= 11 is 1.36. The van der Waals surface area contributed by atoms with Crippen molar-refractivity contribution in [2.75, 3.05) is 24.7 Å². The van der Waals surface area contributed by atoms with Crippen LogP contribution in [0.5, 0.6) is 0 Å². The first-order chi connectivity index (χ1) is 8.38. The topological polar surface area (TPSA) is 35.2 Å². The lowest BCUT2D eigenvalue weighted by atomic mass is 10.3. The van der Waals surface area contributed by atoms with Crippen LogP contribution in [0.3, 0.4) is 0 Å². The average Bonchev–Trinajstić information content (AvgIpc) is 2.24. The van der Waals surface area contributed by atoms with Crippen LogP contribution in [0.25, 0.3) is 0 Å². The van der Waals surface area contributed by atoms with Crippen molar-refractivity contribution in [3.63, 3.8) is 0 Å². The van der Waals surface area contributed by atoms with Crippen molar-refractivity contribution in [2.24, 2.45) is 0 Å². The van der Waals surface area contributed by atoms with Crippen molar-refractivity contribution in [2.45, 2.75) is 17.5 Å². The van der Waals surface area contributed by atoms with Gasteiger partial charge in [0.1, 0.15) is 12.4 Å². The molecule has 1 aromatic rings. The van der Waals surface area contributed by atoms with E-state index in [1.165, 1.54) is 23.9 Å². The maximum atomic E-state index is 12.7. The normalized spacial score (nSPS) is 11.8. The van der Waals surface area contributed by atoms with Gasteiger partial charge in [-0.1, -0.05) is 0 Å². The van der Waals surface area contributed by atoms with Crippen LogP contribution in [0, 0.1) is 5.82 Å². The zero-order valence-electron chi connectivity index (χ0n) is 9.47. The molecule has 1 aromatic carbocycles. The molecule has 1 rings (SSSR count). The predicted molar refractivity (Wildman–Crippen MR) is 63.0 cm³/mol. The number of alkyl halides is 3. The first-order valence-electron chi connectivity index (χ1n) is 5.21. The molecule has 18 heavy (non-hydrogen) atoms. The van der Waals surface area contributed by atoms with E-state index >= 15 is 0 Å². The lowest BCUT2D eigenvalue weighted by Gasteiger charge is -2.08. The second-order valence-electron chi connectivity index (χ2n) is 3.55. The monoisotopic (exact) mass is 283 g/mol. The summed E-state index contributed by atoms with van der Waals surface area (Å²) < 4.78 is 52.4. The molecule has 0 saturated carbocycles. The van der Waals surface area contributed by atoms with Gasteiger partial charge in [0, 0.05) is 22.9 Å². The van der Waals surface area contributed by atoms with Crippen molar-refractivity contribution in [1.29, 1.82) is 0 Å². The Bertz CT molecular complexity index is 384. The molecule has 0 spiro atoms. The van der Waals surface area contributed by atoms with Gasteiger partial charge in [-0.3, -0.25) is 0 Å². The minimum Gasteiger partial charge on any atom is -0.398 e. The van der Waals surface area contributed by atoms with E-state index in [2.05, 4.69) is 4.74 Å². The molecule has 0 aliphatic heterocycles. The molecule has 0 aromatic heterocycles. The summed E-state index contributed by atoms with van der Waals surface area (Å²) in [6.07, 6.45) is -3.81. The van der Waals surface area contributed by atoms with Gasteiger partial charge in [0.05, 0.1) is 0 Å². The van der Waals surface area contributed by atoms with Crippen LogP contribution in [0.1, 0.15) is 6.42 Å². The van der Waals surface area contributed by atoms with Gasteiger partial charge in [0.25, 0.3) is 0 Å². The number of hydrogen-bond donors (Lipinski definition) is 1. The molecular weight excluding hydrogens is 270 g/mol. The highest BCUT2D eigenvalue weighted by molar-refractivity contribution is 7.99. The number of benzene rings is 1. The molecule has 0 fully saturated rings. The quantitative estimate of drug-likeness (QED) is 0.376. The summed E-state index contributed by atoms with van der Waals surface area (Å²) in [4.78, 5) is 0.715. The summed E-state index contributed by atoms with van der Waals surface area (Å²) in [5, 5.41) is 0. The highest BCUT2D eigenvalue weighted by atomic mass is 32.2. The van der Waals surface area contributed by atoms with Gasteiger partial charge >= 0.3 is 6.18 Å². The SMILES string of the molecule is Nc1cc(F)ccc1SCCCOCC(F)(F)F. The number of ether oxygens (including phenoxy) is 1. The Morgan fingerprint density at radius 3 is 2.61 bits per heavy atom. The van der Waals surface area contributed by atoms with Crippen LogP contribution in [0.15, 0.2) is 23.1 Å². The Kier molecular flexibility index (Phi) is 5.74. The summed E-state index contributed by atoms with van der Waals surface area (Å²) in [7, 11) is 0. The number of hydrogen-bond acceptors (Lipinski definition) is 3.